The summed E-state index contributed by atoms with van der Waals surface area (Å²) >= 11 is 0. The van der Waals surface area contributed by atoms with E-state index < -0.39 is 11.7 Å². The monoisotopic (exact) mass is 339 g/mol. The minimum atomic E-state index is -4.36. The predicted molar refractivity (Wildman–Crippen MR) is 89.1 cm³/mol. The van der Waals surface area contributed by atoms with E-state index in [0.717, 1.165) is 25.1 Å². The fourth-order valence-electron chi connectivity index (χ4n) is 1.99. The summed E-state index contributed by atoms with van der Waals surface area (Å²) in [6.07, 6.45) is -2.05. The first kappa shape index (κ1) is 17.8. The lowest BCUT2D eigenvalue weighted by molar-refractivity contribution is -0.137. The summed E-state index contributed by atoms with van der Waals surface area (Å²) in [4.78, 5) is 8.13. The van der Waals surface area contributed by atoms with Crippen LogP contribution in [0.4, 0.5) is 36.2 Å². The molecular weight excluding hydrogens is 319 g/mol. The standard InChI is InChI=1S/C16H20F3N5/c1-10(2)7-8-21-14-13(20)15(23-9-22-14)24-12-5-3-11(4-6-12)16(17,18)19/h3-6,9-10H,7-8,20H2,1-2H3,(H2,21,22,23,24). The molecule has 2 aromatic rings. The van der Waals surface area contributed by atoms with Crippen molar-refractivity contribution in [1.82, 2.24) is 9.97 Å². The van der Waals surface area contributed by atoms with Crippen LogP contribution in [0.3, 0.4) is 0 Å². The summed E-state index contributed by atoms with van der Waals surface area (Å²) < 4.78 is 37.7. The Labute approximate surface area is 138 Å². The molecular formula is C16H20F3N5. The normalized spacial score (nSPS) is 11.6. The lowest BCUT2D eigenvalue weighted by Gasteiger charge is -2.13. The van der Waals surface area contributed by atoms with E-state index in [9.17, 15) is 13.2 Å². The molecule has 0 saturated carbocycles. The van der Waals surface area contributed by atoms with Crippen LogP contribution < -0.4 is 16.4 Å². The van der Waals surface area contributed by atoms with Gasteiger partial charge in [0.05, 0.1) is 5.56 Å². The molecule has 0 unspecified atom stereocenters. The highest BCUT2D eigenvalue weighted by Gasteiger charge is 2.29. The Kier molecular flexibility index (Phi) is 5.48. The predicted octanol–water partition coefficient (Wildman–Crippen LogP) is 4.28. The number of benzene rings is 1. The van der Waals surface area contributed by atoms with Gasteiger partial charge in [-0.2, -0.15) is 13.2 Å². The van der Waals surface area contributed by atoms with Crippen LogP contribution in [0.2, 0.25) is 0 Å². The van der Waals surface area contributed by atoms with Gasteiger partial charge in [-0.15, -0.1) is 0 Å². The van der Waals surface area contributed by atoms with Crippen LogP contribution in [-0.4, -0.2) is 16.5 Å². The number of hydrogen-bond donors (Lipinski definition) is 3. The molecule has 130 valence electrons. The summed E-state index contributed by atoms with van der Waals surface area (Å²) in [5, 5.41) is 6.04. The van der Waals surface area contributed by atoms with E-state index in [1.165, 1.54) is 18.5 Å². The average Bonchev–Trinajstić information content (AvgIpc) is 2.50. The molecule has 0 amide bonds. The Morgan fingerprint density at radius 1 is 1.08 bits per heavy atom. The highest BCUT2D eigenvalue weighted by molar-refractivity contribution is 5.77. The molecule has 1 heterocycles. The van der Waals surface area contributed by atoms with Crippen molar-refractivity contribution >= 4 is 23.0 Å². The van der Waals surface area contributed by atoms with Crippen LogP contribution in [0.15, 0.2) is 30.6 Å². The molecule has 8 heteroatoms. The fourth-order valence-corrected chi connectivity index (χ4v) is 1.99. The van der Waals surface area contributed by atoms with Gasteiger partial charge in [-0.3, -0.25) is 0 Å². The number of rotatable bonds is 6. The van der Waals surface area contributed by atoms with Gasteiger partial charge in [0.25, 0.3) is 0 Å². The first-order chi connectivity index (χ1) is 11.3. The Bertz CT molecular complexity index is 668. The van der Waals surface area contributed by atoms with Crippen molar-refractivity contribution in [2.45, 2.75) is 26.4 Å². The number of nitrogens with two attached hydrogens (primary N) is 1. The molecule has 0 aliphatic carbocycles. The molecule has 0 spiro atoms. The second-order valence-electron chi connectivity index (χ2n) is 5.79. The number of nitrogens with one attached hydrogen (secondary N) is 2. The summed E-state index contributed by atoms with van der Waals surface area (Å²) in [5.41, 5.74) is 6.09. The van der Waals surface area contributed by atoms with Crippen molar-refractivity contribution in [3.05, 3.63) is 36.2 Å². The minimum absolute atomic E-state index is 0.321. The Morgan fingerprint density at radius 3 is 2.29 bits per heavy atom. The molecule has 1 aromatic heterocycles. The second-order valence-corrected chi connectivity index (χ2v) is 5.79. The van der Waals surface area contributed by atoms with E-state index in [4.69, 9.17) is 5.73 Å². The summed E-state index contributed by atoms with van der Waals surface area (Å²) in [5.74, 6) is 1.39. The maximum Gasteiger partial charge on any atom is 0.416 e. The maximum absolute atomic E-state index is 12.6. The largest absolute Gasteiger partial charge is 0.416 e. The number of alkyl halides is 3. The van der Waals surface area contributed by atoms with E-state index in [0.29, 0.717) is 28.9 Å². The van der Waals surface area contributed by atoms with Gasteiger partial charge in [0.1, 0.15) is 12.0 Å². The molecule has 0 aliphatic heterocycles. The number of halogens is 3. The summed E-state index contributed by atoms with van der Waals surface area (Å²) in [6.45, 7) is 4.95. The van der Waals surface area contributed by atoms with Crippen molar-refractivity contribution < 1.29 is 13.2 Å². The van der Waals surface area contributed by atoms with Crippen LogP contribution in [0, 0.1) is 5.92 Å². The lowest BCUT2D eigenvalue weighted by Crippen LogP contribution is -2.10. The maximum atomic E-state index is 12.6. The first-order valence-electron chi connectivity index (χ1n) is 7.56. The molecule has 0 radical (unpaired) electrons. The van der Waals surface area contributed by atoms with E-state index in [2.05, 4.69) is 34.4 Å². The van der Waals surface area contributed by atoms with Gasteiger partial charge in [0.2, 0.25) is 0 Å². The van der Waals surface area contributed by atoms with E-state index >= 15 is 0 Å². The van der Waals surface area contributed by atoms with Crippen LogP contribution >= 0.6 is 0 Å². The first-order valence-corrected chi connectivity index (χ1v) is 7.56. The third kappa shape index (κ3) is 4.74. The van der Waals surface area contributed by atoms with Gasteiger partial charge in [0.15, 0.2) is 11.6 Å². The zero-order valence-electron chi connectivity index (χ0n) is 13.5. The summed E-state index contributed by atoms with van der Waals surface area (Å²) in [7, 11) is 0. The van der Waals surface area contributed by atoms with E-state index in [1.807, 2.05) is 0 Å². The molecule has 1 aromatic carbocycles. The Balaban J connectivity index is 2.09. The van der Waals surface area contributed by atoms with Crippen molar-refractivity contribution in [3.8, 4) is 0 Å². The molecule has 24 heavy (non-hydrogen) atoms. The number of anilines is 4. The van der Waals surface area contributed by atoms with Gasteiger partial charge < -0.3 is 16.4 Å². The SMILES string of the molecule is CC(C)CCNc1ncnc(Nc2ccc(C(F)(F)F)cc2)c1N. The van der Waals surface area contributed by atoms with Gasteiger partial charge in [-0.05, 0) is 36.6 Å². The fraction of sp³-hybridized carbons (Fsp3) is 0.375. The van der Waals surface area contributed by atoms with E-state index in [1.54, 1.807) is 0 Å². The van der Waals surface area contributed by atoms with Gasteiger partial charge in [-0.1, -0.05) is 13.8 Å². The van der Waals surface area contributed by atoms with Crippen LogP contribution in [0.1, 0.15) is 25.8 Å². The third-order valence-corrected chi connectivity index (χ3v) is 3.37. The highest BCUT2D eigenvalue weighted by atomic mass is 19.4. The molecule has 0 aliphatic rings. The van der Waals surface area contributed by atoms with Gasteiger partial charge in [0, 0.05) is 12.2 Å². The number of nitrogen functional groups attached to an aromatic ring is 1. The van der Waals surface area contributed by atoms with Gasteiger partial charge in [-0.25, -0.2) is 9.97 Å². The van der Waals surface area contributed by atoms with Crippen molar-refractivity contribution in [2.75, 3.05) is 22.9 Å². The molecule has 0 fully saturated rings. The highest BCUT2D eigenvalue weighted by Crippen LogP contribution is 2.31. The smallest absolute Gasteiger partial charge is 0.393 e. The molecule has 0 saturated heterocycles. The van der Waals surface area contributed by atoms with Crippen molar-refractivity contribution in [1.29, 1.82) is 0 Å². The molecule has 4 N–H and O–H groups in total. The minimum Gasteiger partial charge on any atom is -0.393 e. The van der Waals surface area contributed by atoms with E-state index in [-0.39, 0.29) is 0 Å². The zero-order valence-corrected chi connectivity index (χ0v) is 13.5. The van der Waals surface area contributed by atoms with Crippen LogP contribution in [0.5, 0.6) is 0 Å². The Hall–Kier alpha value is -2.51. The number of aromatic nitrogens is 2. The van der Waals surface area contributed by atoms with Gasteiger partial charge >= 0.3 is 6.18 Å². The number of nitrogens with zero attached hydrogens (tertiary/aromatic N) is 2. The number of hydrogen-bond acceptors (Lipinski definition) is 5. The quantitative estimate of drug-likeness (QED) is 0.732. The lowest BCUT2D eigenvalue weighted by atomic mass is 10.1. The topological polar surface area (TPSA) is 75.9 Å². The molecule has 0 bridgehead atoms. The molecule has 0 atom stereocenters. The Morgan fingerprint density at radius 2 is 1.71 bits per heavy atom. The van der Waals surface area contributed by atoms with Crippen molar-refractivity contribution in [3.63, 3.8) is 0 Å². The van der Waals surface area contributed by atoms with Crippen LogP contribution in [0.25, 0.3) is 0 Å². The van der Waals surface area contributed by atoms with Crippen LogP contribution in [-0.2, 0) is 6.18 Å². The average molecular weight is 339 g/mol. The third-order valence-electron chi connectivity index (χ3n) is 3.37. The molecule has 5 nitrogen and oxygen atoms in total. The molecule has 2 rings (SSSR count). The second kappa shape index (κ2) is 7.37. The summed E-state index contributed by atoms with van der Waals surface area (Å²) in [6, 6.07) is 4.66. The zero-order chi connectivity index (χ0) is 17.7. The van der Waals surface area contributed by atoms with Crippen molar-refractivity contribution in [2.24, 2.45) is 5.92 Å².